The molecule has 4 fully saturated rings. The molecule has 0 unspecified atom stereocenters. The number of hydrogen-bond acceptors (Lipinski definition) is 1. The topological polar surface area (TPSA) is 12.0 Å². The molecule has 0 aromatic heterocycles. The minimum atomic E-state index is 0.474. The van der Waals surface area contributed by atoms with Crippen molar-refractivity contribution < 1.29 is 0 Å². The van der Waals surface area contributed by atoms with Gasteiger partial charge >= 0.3 is 0 Å². The molecule has 4 bridgehead atoms. The van der Waals surface area contributed by atoms with Crippen LogP contribution in [0.2, 0.25) is 0 Å². The average molecular weight is 281 g/mol. The van der Waals surface area contributed by atoms with E-state index in [1.807, 2.05) is 0 Å². The van der Waals surface area contributed by atoms with Gasteiger partial charge in [-0.05, 0) is 74.3 Å². The standard InChI is InChI=1S/C20H27N/c1-14(2)19-5-3-15(4-6-19)13-21-20-10-16-7-17(11-20)9-18(8-16)12-20/h3-6,16-18,21H,1,7-13H2,2H3. The van der Waals surface area contributed by atoms with E-state index in [1.165, 1.54) is 49.7 Å². The molecule has 0 saturated heterocycles. The molecule has 0 spiro atoms. The van der Waals surface area contributed by atoms with Crippen molar-refractivity contribution in [3.05, 3.63) is 42.0 Å². The monoisotopic (exact) mass is 281 g/mol. The molecule has 1 aromatic rings. The number of nitrogens with one attached hydrogen (secondary N) is 1. The second-order valence-electron chi connectivity index (χ2n) is 8.03. The van der Waals surface area contributed by atoms with Gasteiger partial charge in [0.1, 0.15) is 0 Å². The van der Waals surface area contributed by atoms with Crippen LogP contribution in [-0.4, -0.2) is 5.54 Å². The largest absolute Gasteiger partial charge is 0.307 e. The molecule has 1 nitrogen and oxygen atoms in total. The second kappa shape index (κ2) is 4.98. The van der Waals surface area contributed by atoms with Crippen LogP contribution in [-0.2, 0) is 6.54 Å². The zero-order valence-corrected chi connectivity index (χ0v) is 13.2. The molecule has 112 valence electrons. The molecule has 0 aliphatic heterocycles. The molecule has 0 amide bonds. The van der Waals surface area contributed by atoms with Gasteiger partial charge in [0.15, 0.2) is 0 Å². The zero-order chi connectivity index (χ0) is 14.4. The minimum absolute atomic E-state index is 0.474. The van der Waals surface area contributed by atoms with E-state index < -0.39 is 0 Å². The maximum atomic E-state index is 4.01. The van der Waals surface area contributed by atoms with Gasteiger partial charge in [-0.2, -0.15) is 0 Å². The van der Waals surface area contributed by atoms with Crippen LogP contribution < -0.4 is 5.32 Å². The Kier molecular flexibility index (Phi) is 3.22. The molecule has 0 heterocycles. The highest BCUT2D eigenvalue weighted by Gasteiger charge is 2.50. The third kappa shape index (κ3) is 2.57. The first-order valence-electron chi connectivity index (χ1n) is 8.62. The van der Waals surface area contributed by atoms with Crippen LogP contribution in [0.4, 0.5) is 0 Å². The van der Waals surface area contributed by atoms with Crippen molar-refractivity contribution in [3.63, 3.8) is 0 Å². The third-order valence-corrected chi connectivity index (χ3v) is 6.15. The Morgan fingerprint density at radius 2 is 1.57 bits per heavy atom. The Balaban J connectivity index is 1.43. The lowest BCUT2D eigenvalue weighted by atomic mass is 9.53. The SMILES string of the molecule is C=C(C)c1ccc(CNC23CC4CC(CC(C4)C2)C3)cc1. The summed E-state index contributed by atoms with van der Waals surface area (Å²) in [5.41, 5.74) is 4.29. The summed E-state index contributed by atoms with van der Waals surface area (Å²) in [6.07, 6.45) is 8.87. The molecule has 4 saturated carbocycles. The van der Waals surface area contributed by atoms with Crippen LogP contribution in [0.3, 0.4) is 0 Å². The molecular formula is C20H27N. The van der Waals surface area contributed by atoms with E-state index in [2.05, 4.69) is 43.1 Å². The quantitative estimate of drug-likeness (QED) is 0.837. The normalized spacial score (nSPS) is 36.9. The summed E-state index contributed by atoms with van der Waals surface area (Å²) in [4.78, 5) is 0. The fourth-order valence-corrected chi connectivity index (χ4v) is 5.52. The third-order valence-electron chi connectivity index (χ3n) is 6.15. The lowest BCUT2D eigenvalue weighted by Crippen LogP contribution is -2.58. The molecule has 0 radical (unpaired) electrons. The number of hydrogen-bond donors (Lipinski definition) is 1. The summed E-state index contributed by atoms with van der Waals surface area (Å²) in [7, 11) is 0. The maximum absolute atomic E-state index is 4.01. The molecule has 1 aromatic carbocycles. The van der Waals surface area contributed by atoms with Gasteiger partial charge in [0.05, 0.1) is 0 Å². The Morgan fingerprint density at radius 3 is 2.05 bits per heavy atom. The van der Waals surface area contributed by atoms with Gasteiger partial charge in [0.25, 0.3) is 0 Å². The van der Waals surface area contributed by atoms with Crippen molar-refractivity contribution in [3.8, 4) is 0 Å². The second-order valence-corrected chi connectivity index (χ2v) is 8.03. The van der Waals surface area contributed by atoms with E-state index in [0.717, 1.165) is 29.9 Å². The Hall–Kier alpha value is -1.08. The van der Waals surface area contributed by atoms with Gasteiger partial charge in [-0.25, -0.2) is 0 Å². The molecule has 1 heteroatoms. The summed E-state index contributed by atoms with van der Waals surface area (Å²) in [5.74, 6) is 3.07. The first-order valence-corrected chi connectivity index (χ1v) is 8.62. The van der Waals surface area contributed by atoms with Crippen LogP contribution in [0.15, 0.2) is 30.8 Å². The Morgan fingerprint density at radius 1 is 1.05 bits per heavy atom. The fraction of sp³-hybridized carbons (Fsp3) is 0.600. The average Bonchev–Trinajstić information content (AvgIpc) is 2.44. The van der Waals surface area contributed by atoms with E-state index in [1.54, 1.807) is 0 Å². The lowest BCUT2D eigenvalue weighted by molar-refractivity contribution is -0.0206. The van der Waals surface area contributed by atoms with Gasteiger partial charge in [-0.15, -0.1) is 0 Å². The van der Waals surface area contributed by atoms with Crippen LogP contribution in [0.1, 0.15) is 56.6 Å². The summed E-state index contributed by atoms with van der Waals surface area (Å²) in [6.45, 7) is 7.11. The van der Waals surface area contributed by atoms with Crippen molar-refractivity contribution in [2.24, 2.45) is 17.8 Å². The van der Waals surface area contributed by atoms with E-state index >= 15 is 0 Å². The first kappa shape index (κ1) is 13.6. The Labute approximate surface area is 128 Å². The van der Waals surface area contributed by atoms with Crippen LogP contribution in [0.25, 0.3) is 5.57 Å². The highest BCUT2D eigenvalue weighted by molar-refractivity contribution is 5.61. The van der Waals surface area contributed by atoms with E-state index in [0.29, 0.717) is 5.54 Å². The summed E-state index contributed by atoms with van der Waals surface area (Å²) >= 11 is 0. The van der Waals surface area contributed by atoms with Gasteiger partial charge in [0.2, 0.25) is 0 Å². The van der Waals surface area contributed by atoms with Crippen molar-refractivity contribution in [2.75, 3.05) is 0 Å². The number of allylic oxidation sites excluding steroid dienone is 1. The number of benzene rings is 1. The molecule has 5 rings (SSSR count). The highest BCUT2D eigenvalue weighted by Crippen LogP contribution is 2.55. The van der Waals surface area contributed by atoms with Gasteiger partial charge in [-0.3, -0.25) is 0 Å². The van der Waals surface area contributed by atoms with Gasteiger partial charge < -0.3 is 5.32 Å². The summed E-state index contributed by atoms with van der Waals surface area (Å²) in [5, 5.41) is 3.97. The highest BCUT2D eigenvalue weighted by atomic mass is 15.0. The fourth-order valence-electron chi connectivity index (χ4n) is 5.52. The minimum Gasteiger partial charge on any atom is -0.307 e. The van der Waals surface area contributed by atoms with E-state index in [4.69, 9.17) is 0 Å². The van der Waals surface area contributed by atoms with Crippen LogP contribution in [0, 0.1) is 17.8 Å². The van der Waals surface area contributed by atoms with Gasteiger partial charge in [-0.1, -0.05) is 36.4 Å². The van der Waals surface area contributed by atoms with Crippen molar-refractivity contribution in [1.29, 1.82) is 0 Å². The number of rotatable bonds is 4. The van der Waals surface area contributed by atoms with Crippen LogP contribution in [0.5, 0.6) is 0 Å². The van der Waals surface area contributed by atoms with E-state index in [9.17, 15) is 0 Å². The molecule has 4 aliphatic rings. The van der Waals surface area contributed by atoms with Crippen molar-refractivity contribution >= 4 is 5.57 Å². The predicted molar refractivity (Wildman–Crippen MR) is 88.9 cm³/mol. The maximum Gasteiger partial charge on any atom is 0.0210 e. The van der Waals surface area contributed by atoms with Crippen LogP contribution >= 0.6 is 0 Å². The Bertz CT molecular complexity index is 504. The van der Waals surface area contributed by atoms with Gasteiger partial charge in [0, 0.05) is 12.1 Å². The molecule has 4 aliphatic carbocycles. The summed E-state index contributed by atoms with van der Waals surface area (Å²) < 4.78 is 0. The van der Waals surface area contributed by atoms with Crippen molar-refractivity contribution in [2.45, 2.75) is 57.5 Å². The molecule has 1 N–H and O–H groups in total. The smallest absolute Gasteiger partial charge is 0.0210 e. The zero-order valence-electron chi connectivity index (χ0n) is 13.2. The van der Waals surface area contributed by atoms with Crippen molar-refractivity contribution in [1.82, 2.24) is 5.32 Å². The molecule has 21 heavy (non-hydrogen) atoms. The summed E-state index contributed by atoms with van der Waals surface area (Å²) in [6, 6.07) is 8.94. The first-order chi connectivity index (χ1) is 10.1. The molecule has 0 atom stereocenters. The molecular weight excluding hydrogens is 254 g/mol. The lowest BCUT2D eigenvalue weighted by Gasteiger charge is -2.57. The predicted octanol–water partition coefficient (Wildman–Crippen LogP) is 4.78. The van der Waals surface area contributed by atoms with E-state index in [-0.39, 0.29) is 0 Å².